The Morgan fingerprint density at radius 1 is 1.12 bits per heavy atom. The summed E-state index contributed by atoms with van der Waals surface area (Å²) in [6.45, 7) is 8.91. The number of aromatic nitrogens is 1. The van der Waals surface area contributed by atoms with Crippen molar-refractivity contribution in [2.24, 2.45) is 0 Å². The Morgan fingerprint density at radius 2 is 1.82 bits per heavy atom. The molecule has 0 saturated heterocycles. The molecule has 3 aromatic rings. The molecule has 0 aliphatic carbocycles. The van der Waals surface area contributed by atoms with Crippen molar-refractivity contribution in [1.82, 2.24) is 4.98 Å². The molecule has 0 bridgehead atoms. The number of ether oxygens (including phenoxy) is 1. The Bertz CT molecular complexity index is 1110. The standard InChI is InChI=1S/C27H31F2NO4/c1-16(2)24-25(34-27(30-24)22-9-7-21(8-10-22)26(28)29)18(4)14-33-15-19-5-6-20(17(3)13-19)11-12-23(31)32/h5-10,13,16,18,26H,11-12,14-15H2,1-4H3,(H,31,32). The summed E-state index contributed by atoms with van der Waals surface area (Å²) in [6.07, 6.45) is -1.89. The Labute approximate surface area is 198 Å². The highest BCUT2D eigenvalue weighted by atomic mass is 19.3. The number of oxazole rings is 1. The number of nitrogens with zero attached hydrogens (tertiary/aromatic N) is 1. The number of hydrogen-bond acceptors (Lipinski definition) is 4. The molecule has 1 N–H and O–H groups in total. The van der Waals surface area contributed by atoms with Gasteiger partial charge in [-0.25, -0.2) is 13.8 Å². The topological polar surface area (TPSA) is 72.6 Å². The van der Waals surface area contributed by atoms with Crippen LogP contribution in [-0.2, 0) is 22.6 Å². The predicted molar refractivity (Wildman–Crippen MR) is 126 cm³/mol. The molecule has 1 atom stereocenters. The molecule has 0 aliphatic heterocycles. The van der Waals surface area contributed by atoms with Crippen LogP contribution in [0.1, 0.15) is 79.2 Å². The van der Waals surface area contributed by atoms with Crippen LogP contribution in [0.4, 0.5) is 8.78 Å². The van der Waals surface area contributed by atoms with E-state index in [1.54, 1.807) is 12.1 Å². The van der Waals surface area contributed by atoms with Crippen molar-refractivity contribution in [3.63, 3.8) is 0 Å². The van der Waals surface area contributed by atoms with Gasteiger partial charge < -0.3 is 14.3 Å². The van der Waals surface area contributed by atoms with Gasteiger partial charge in [-0.05, 0) is 48.1 Å². The number of carboxylic acids is 1. The fourth-order valence-corrected chi connectivity index (χ4v) is 3.80. The number of aryl methyl sites for hydroxylation is 2. The summed E-state index contributed by atoms with van der Waals surface area (Å²) in [7, 11) is 0. The minimum absolute atomic E-state index is 0.0356. The third-order valence-electron chi connectivity index (χ3n) is 5.74. The van der Waals surface area contributed by atoms with Crippen LogP contribution >= 0.6 is 0 Å². The molecule has 2 aromatic carbocycles. The van der Waals surface area contributed by atoms with Gasteiger partial charge in [-0.3, -0.25) is 4.79 Å². The molecular formula is C27H31F2NO4. The number of aliphatic carboxylic acids is 1. The summed E-state index contributed by atoms with van der Waals surface area (Å²) in [5, 5.41) is 8.87. The van der Waals surface area contributed by atoms with Gasteiger partial charge in [0, 0.05) is 23.5 Å². The van der Waals surface area contributed by atoms with E-state index in [0.29, 0.717) is 31.1 Å². The van der Waals surface area contributed by atoms with Crippen LogP contribution in [0.15, 0.2) is 46.9 Å². The molecule has 1 unspecified atom stereocenters. The molecule has 0 aliphatic rings. The summed E-state index contributed by atoms with van der Waals surface area (Å²) in [5.74, 6) is 0.440. The number of halogens is 2. The van der Waals surface area contributed by atoms with Crippen molar-refractivity contribution in [2.75, 3.05) is 6.61 Å². The van der Waals surface area contributed by atoms with Crippen molar-refractivity contribution in [3.8, 4) is 11.5 Å². The highest BCUT2D eigenvalue weighted by molar-refractivity contribution is 5.67. The third-order valence-corrected chi connectivity index (χ3v) is 5.74. The van der Waals surface area contributed by atoms with Crippen LogP contribution in [-0.4, -0.2) is 22.7 Å². The fraction of sp³-hybridized carbons (Fsp3) is 0.407. The summed E-state index contributed by atoms with van der Waals surface area (Å²) in [5.41, 5.74) is 4.55. The lowest BCUT2D eigenvalue weighted by molar-refractivity contribution is -0.136. The van der Waals surface area contributed by atoms with Crippen LogP contribution in [0.3, 0.4) is 0 Å². The highest BCUT2D eigenvalue weighted by Crippen LogP contribution is 2.32. The maximum Gasteiger partial charge on any atom is 0.303 e. The Hall–Kier alpha value is -3.06. The van der Waals surface area contributed by atoms with Crippen LogP contribution in [0.5, 0.6) is 0 Å². The second-order valence-electron chi connectivity index (χ2n) is 8.92. The molecule has 0 spiro atoms. The molecule has 3 rings (SSSR count). The van der Waals surface area contributed by atoms with Gasteiger partial charge in [-0.2, -0.15) is 0 Å². The second kappa shape index (κ2) is 11.4. The Morgan fingerprint density at radius 3 is 2.41 bits per heavy atom. The largest absolute Gasteiger partial charge is 0.481 e. The highest BCUT2D eigenvalue weighted by Gasteiger charge is 2.22. The van der Waals surface area contributed by atoms with E-state index in [9.17, 15) is 13.6 Å². The van der Waals surface area contributed by atoms with Crippen molar-refractivity contribution in [2.45, 2.75) is 65.4 Å². The Balaban J connectivity index is 1.65. The number of carboxylic acid groups (broad SMARTS) is 1. The molecule has 0 saturated carbocycles. The van der Waals surface area contributed by atoms with Gasteiger partial charge in [-0.15, -0.1) is 0 Å². The first kappa shape index (κ1) is 25.6. The fourth-order valence-electron chi connectivity index (χ4n) is 3.80. The first-order valence-electron chi connectivity index (χ1n) is 11.4. The smallest absolute Gasteiger partial charge is 0.303 e. The van der Waals surface area contributed by atoms with Gasteiger partial charge in [0.1, 0.15) is 5.76 Å². The predicted octanol–water partition coefficient (Wildman–Crippen LogP) is 7.05. The molecule has 0 radical (unpaired) electrons. The number of carbonyl (C=O) groups is 1. The van der Waals surface area contributed by atoms with Crippen LogP contribution in [0.2, 0.25) is 0 Å². The summed E-state index contributed by atoms with van der Waals surface area (Å²) in [6, 6.07) is 11.9. The maximum absolute atomic E-state index is 12.9. The van der Waals surface area contributed by atoms with E-state index in [1.807, 2.05) is 45.9 Å². The van der Waals surface area contributed by atoms with E-state index in [1.165, 1.54) is 12.1 Å². The van der Waals surface area contributed by atoms with Crippen molar-refractivity contribution >= 4 is 5.97 Å². The molecule has 0 amide bonds. The average Bonchev–Trinajstić information content (AvgIpc) is 3.24. The number of benzene rings is 2. The molecule has 1 aromatic heterocycles. The first-order valence-corrected chi connectivity index (χ1v) is 11.4. The van der Waals surface area contributed by atoms with Gasteiger partial charge in [0.05, 0.1) is 18.9 Å². The molecular weight excluding hydrogens is 440 g/mol. The van der Waals surface area contributed by atoms with E-state index in [-0.39, 0.29) is 23.8 Å². The molecule has 0 fully saturated rings. The number of hydrogen-bond donors (Lipinski definition) is 1. The summed E-state index contributed by atoms with van der Waals surface area (Å²) in [4.78, 5) is 15.4. The monoisotopic (exact) mass is 471 g/mol. The van der Waals surface area contributed by atoms with Crippen molar-refractivity contribution in [1.29, 1.82) is 0 Å². The normalized spacial score (nSPS) is 12.5. The van der Waals surface area contributed by atoms with Gasteiger partial charge in [-0.1, -0.05) is 51.1 Å². The molecule has 7 heteroatoms. The van der Waals surface area contributed by atoms with Crippen molar-refractivity contribution in [3.05, 3.63) is 76.2 Å². The zero-order chi connectivity index (χ0) is 24.8. The van der Waals surface area contributed by atoms with E-state index < -0.39 is 12.4 Å². The SMILES string of the molecule is Cc1cc(COCC(C)c2oc(-c3ccc(C(F)F)cc3)nc2C(C)C)ccc1CCC(=O)O. The zero-order valence-corrected chi connectivity index (χ0v) is 20.0. The summed E-state index contributed by atoms with van der Waals surface area (Å²) >= 11 is 0. The molecule has 1 heterocycles. The molecule has 5 nitrogen and oxygen atoms in total. The van der Waals surface area contributed by atoms with E-state index in [4.69, 9.17) is 14.3 Å². The van der Waals surface area contributed by atoms with Gasteiger partial charge >= 0.3 is 5.97 Å². The van der Waals surface area contributed by atoms with E-state index >= 15 is 0 Å². The summed E-state index contributed by atoms with van der Waals surface area (Å²) < 4.78 is 37.7. The van der Waals surface area contributed by atoms with Gasteiger partial charge in [0.15, 0.2) is 0 Å². The third kappa shape index (κ3) is 6.50. The zero-order valence-electron chi connectivity index (χ0n) is 20.0. The Kier molecular flexibility index (Phi) is 8.56. The first-order chi connectivity index (χ1) is 16.2. The second-order valence-corrected chi connectivity index (χ2v) is 8.92. The van der Waals surface area contributed by atoms with E-state index in [0.717, 1.165) is 28.1 Å². The lowest BCUT2D eigenvalue weighted by Crippen LogP contribution is -2.07. The average molecular weight is 472 g/mol. The minimum atomic E-state index is -2.51. The maximum atomic E-state index is 12.9. The quantitative estimate of drug-likeness (QED) is 0.324. The van der Waals surface area contributed by atoms with Gasteiger partial charge in [0.25, 0.3) is 6.43 Å². The number of alkyl halides is 2. The van der Waals surface area contributed by atoms with Gasteiger partial charge in [0.2, 0.25) is 5.89 Å². The molecule has 34 heavy (non-hydrogen) atoms. The van der Waals surface area contributed by atoms with E-state index in [2.05, 4.69) is 4.98 Å². The minimum Gasteiger partial charge on any atom is -0.481 e. The molecule has 182 valence electrons. The number of rotatable bonds is 11. The van der Waals surface area contributed by atoms with Crippen molar-refractivity contribution < 1.29 is 27.8 Å². The lowest BCUT2D eigenvalue weighted by Gasteiger charge is -2.13. The van der Waals surface area contributed by atoms with Crippen LogP contribution < -0.4 is 0 Å². The van der Waals surface area contributed by atoms with Crippen LogP contribution in [0, 0.1) is 6.92 Å². The van der Waals surface area contributed by atoms with Crippen LogP contribution in [0.25, 0.3) is 11.5 Å². The lowest BCUT2D eigenvalue weighted by atomic mass is 10.0.